The molecule has 1 aromatic carbocycles. The van der Waals surface area contributed by atoms with E-state index in [1.807, 2.05) is 22.5 Å². The third-order valence-corrected chi connectivity index (χ3v) is 12.6. The van der Waals surface area contributed by atoms with Crippen molar-refractivity contribution < 1.29 is 18.7 Å². The van der Waals surface area contributed by atoms with Gasteiger partial charge < -0.3 is 24.4 Å². The second-order valence-corrected chi connectivity index (χ2v) is 17.0. The number of pyridine rings is 2. The smallest absolute Gasteiger partial charge is 0.251 e. The summed E-state index contributed by atoms with van der Waals surface area (Å²) in [5.41, 5.74) is 5.69. The Morgan fingerprint density at radius 1 is 1.04 bits per heavy atom. The van der Waals surface area contributed by atoms with E-state index in [1.165, 1.54) is 12.6 Å². The van der Waals surface area contributed by atoms with Crippen molar-refractivity contribution in [1.82, 2.24) is 29.3 Å². The number of hydrogen-bond donors (Lipinski definition) is 1. The van der Waals surface area contributed by atoms with Crippen LogP contribution in [0.1, 0.15) is 83.5 Å². The number of benzene rings is 1. The summed E-state index contributed by atoms with van der Waals surface area (Å²) in [6.07, 6.45) is 7.73. The minimum atomic E-state index is -0.678. The van der Waals surface area contributed by atoms with Crippen LogP contribution in [0.15, 0.2) is 42.9 Å². The molecule has 0 radical (unpaired) electrons. The molecular formula is C41H49FN8O3. The quantitative estimate of drug-likeness (QED) is 0.230. The predicted octanol–water partition coefficient (Wildman–Crippen LogP) is 6.52. The van der Waals surface area contributed by atoms with Gasteiger partial charge in [-0.25, -0.2) is 14.4 Å². The number of hydrogen-bond acceptors (Lipinski definition) is 8. The van der Waals surface area contributed by atoms with Crippen LogP contribution in [0.5, 0.6) is 0 Å². The number of fused-ring (bicyclic) bond motifs is 3. The number of amides is 2. The lowest BCUT2D eigenvalue weighted by Crippen LogP contribution is -2.58. The van der Waals surface area contributed by atoms with E-state index in [1.54, 1.807) is 12.4 Å². The molecule has 4 aromatic rings. The van der Waals surface area contributed by atoms with Crippen LogP contribution < -0.4 is 10.2 Å². The highest BCUT2D eigenvalue weighted by atomic mass is 19.1. The molecule has 3 saturated heterocycles. The zero-order valence-electron chi connectivity index (χ0n) is 31.4. The highest BCUT2D eigenvalue weighted by molar-refractivity contribution is 6.09. The van der Waals surface area contributed by atoms with Gasteiger partial charge in [0.25, 0.3) is 5.91 Å². The number of halogens is 1. The lowest BCUT2D eigenvalue weighted by atomic mass is 9.73. The Balaban J connectivity index is 1.09. The standard InChI is InChI=1S/C41H49FN8O3/c1-24(2)49-23-44-33-20-31(45-37(36(33)49)46-32-16-25(3)43-21-30(32)42)26-6-7-29-34(17-26)50(28-18-27(19-28)48-12-9-40(4,5)22-48)39(52)41(29)10-13-47(14-11-41)38(51)35-8-15-53-35/h6-7,16-17,20-21,23-24,27-28,35H,8-15,18-19,22H2,1-5H3,(H,43,45,46). The molecule has 5 aliphatic rings. The summed E-state index contributed by atoms with van der Waals surface area (Å²) in [4.78, 5) is 48.6. The van der Waals surface area contributed by atoms with E-state index >= 15 is 4.39 Å². The minimum absolute atomic E-state index is 0.0481. The number of carbonyl (C=O) groups excluding carboxylic acids is 2. The summed E-state index contributed by atoms with van der Waals surface area (Å²) in [7, 11) is 0. The highest BCUT2D eigenvalue weighted by Crippen LogP contribution is 2.52. The number of aryl methyl sites for hydroxylation is 1. The monoisotopic (exact) mass is 720 g/mol. The summed E-state index contributed by atoms with van der Waals surface area (Å²) >= 11 is 0. The van der Waals surface area contributed by atoms with E-state index < -0.39 is 11.2 Å². The number of piperidine rings is 1. The van der Waals surface area contributed by atoms with Crippen LogP contribution in [0.2, 0.25) is 0 Å². The number of nitrogens with one attached hydrogen (secondary N) is 1. The number of anilines is 3. The van der Waals surface area contributed by atoms with Crippen LogP contribution in [-0.4, -0.2) is 92.1 Å². The van der Waals surface area contributed by atoms with Crippen molar-refractivity contribution in [2.24, 2.45) is 5.41 Å². The van der Waals surface area contributed by atoms with E-state index in [-0.39, 0.29) is 30.0 Å². The van der Waals surface area contributed by atoms with Crippen molar-refractivity contribution in [2.45, 2.75) is 103 Å². The van der Waals surface area contributed by atoms with Crippen molar-refractivity contribution in [3.63, 3.8) is 0 Å². The van der Waals surface area contributed by atoms with Crippen LogP contribution in [0.3, 0.4) is 0 Å². The number of imidazole rings is 1. The number of carbonyl (C=O) groups is 2. The molecule has 1 spiro atoms. The SMILES string of the molecule is Cc1cc(Nc2nc(-c3ccc4c(c3)N(C3CC(N5CCC(C)(C)C5)C3)C(=O)C43CCN(C(=O)C4CCO4)CC3)cc3ncn(C(C)C)c23)c(F)cn1. The largest absolute Gasteiger partial charge is 0.368 e. The molecule has 1 atom stereocenters. The third-order valence-electron chi connectivity index (χ3n) is 12.6. The van der Waals surface area contributed by atoms with Gasteiger partial charge in [0.2, 0.25) is 5.91 Å². The summed E-state index contributed by atoms with van der Waals surface area (Å²) in [5, 5.41) is 3.27. The molecule has 4 fully saturated rings. The molecule has 3 aromatic heterocycles. The minimum Gasteiger partial charge on any atom is -0.368 e. The molecular weight excluding hydrogens is 672 g/mol. The molecule has 9 rings (SSSR count). The average molecular weight is 721 g/mol. The number of ether oxygens (including phenoxy) is 1. The molecule has 0 bridgehead atoms. The van der Waals surface area contributed by atoms with E-state index in [0.717, 1.165) is 60.2 Å². The van der Waals surface area contributed by atoms with Crippen molar-refractivity contribution in [1.29, 1.82) is 0 Å². The lowest BCUT2D eigenvalue weighted by molar-refractivity contribution is -0.158. The fourth-order valence-corrected chi connectivity index (χ4v) is 9.33. The first-order valence-electron chi connectivity index (χ1n) is 19.3. The second-order valence-electron chi connectivity index (χ2n) is 17.0. The number of nitrogens with zero attached hydrogens (tertiary/aromatic N) is 7. The van der Waals surface area contributed by atoms with Gasteiger partial charge in [-0.15, -0.1) is 0 Å². The van der Waals surface area contributed by atoms with Gasteiger partial charge in [-0.3, -0.25) is 19.5 Å². The molecule has 1 unspecified atom stereocenters. The zero-order chi connectivity index (χ0) is 36.8. The molecule has 7 heterocycles. The maximum absolute atomic E-state index is 15.0. The normalized spacial score (nSPS) is 24.9. The highest BCUT2D eigenvalue weighted by Gasteiger charge is 2.56. The fourth-order valence-electron chi connectivity index (χ4n) is 9.33. The topological polar surface area (TPSA) is 109 Å². The fraction of sp³-hybridized carbons (Fsp3) is 0.537. The summed E-state index contributed by atoms with van der Waals surface area (Å²) in [6, 6.07) is 10.7. The van der Waals surface area contributed by atoms with E-state index in [0.29, 0.717) is 66.9 Å². The summed E-state index contributed by atoms with van der Waals surface area (Å²) in [5.74, 6) is 0.243. The molecule has 1 aliphatic carbocycles. The van der Waals surface area contributed by atoms with Crippen molar-refractivity contribution >= 4 is 40.0 Å². The van der Waals surface area contributed by atoms with Gasteiger partial charge in [-0.05, 0) is 88.6 Å². The molecule has 2 amide bonds. The summed E-state index contributed by atoms with van der Waals surface area (Å²) in [6.45, 7) is 14.6. The molecule has 1 saturated carbocycles. The van der Waals surface area contributed by atoms with Crippen LogP contribution >= 0.6 is 0 Å². The molecule has 1 N–H and O–H groups in total. The van der Waals surface area contributed by atoms with Crippen LogP contribution in [0, 0.1) is 18.2 Å². The number of aromatic nitrogens is 4. The van der Waals surface area contributed by atoms with Crippen LogP contribution in [0.25, 0.3) is 22.3 Å². The first-order chi connectivity index (χ1) is 25.4. The Bertz CT molecular complexity index is 2110. The molecule has 4 aliphatic heterocycles. The predicted molar refractivity (Wildman–Crippen MR) is 202 cm³/mol. The van der Waals surface area contributed by atoms with Crippen molar-refractivity contribution in [3.05, 3.63) is 59.9 Å². The van der Waals surface area contributed by atoms with Gasteiger partial charge in [0.05, 0.1) is 41.4 Å². The van der Waals surface area contributed by atoms with Gasteiger partial charge in [-0.2, -0.15) is 0 Å². The zero-order valence-corrected chi connectivity index (χ0v) is 31.4. The maximum atomic E-state index is 15.0. The van der Waals surface area contributed by atoms with Gasteiger partial charge in [0.15, 0.2) is 11.6 Å². The van der Waals surface area contributed by atoms with Gasteiger partial charge in [0, 0.05) is 61.1 Å². The van der Waals surface area contributed by atoms with E-state index in [4.69, 9.17) is 14.7 Å². The molecule has 53 heavy (non-hydrogen) atoms. The Morgan fingerprint density at radius 2 is 1.81 bits per heavy atom. The number of rotatable bonds is 7. The molecule has 12 heteroatoms. The Kier molecular flexibility index (Phi) is 8.16. The summed E-state index contributed by atoms with van der Waals surface area (Å²) < 4.78 is 22.6. The van der Waals surface area contributed by atoms with Crippen LogP contribution in [-0.2, 0) is 19.7 Å². The lowest BCUT2D eigenvalue weighted by Gasteiger charge is -2.47. The average Bonchev–Trinajstić information content (AvgIpc) is 3.75. The van der Waals surface area contributed by atoms with Crippen molar-refractivity contribution in [3.8, 4) is 11.3 Å². The first-order valence-corrected chi connectivity index (χ1v) is 19.3. The molecule has 278 valence electrons. The van der Waals surface area contributed by atoms with Gasteiger partial charge in [0.1, 0.15) is 11.6 Å². The van der Waals surface area contributed by atoms with Crippen molar-refractivity contribution in [2.75, 3.05) is 43.0 Å². The third kappa shape index (κ3) is 5.71. The number of likely N-dealkylation sites (tertiary alicyclic amines) is 2. The second kappa shape index (κ2) is 12.6. The van der Waals surface area contributed by atoms with Gasteiger partial charge in [-0.1, -0.05) is 26.0 Å². The van der Waals surface area contributed by atoms with E-state index in [9.17, 15) is 9.59 Å². The van der Waals surface area contributed by atoms with Crippen LogP contribution in [0.4, 0.5) is 21.6 Å². The Morgan fingerprint density at radius 3 is 2.49 bits per heavy atom. The first kappa shape index (κ1) is 34.4. The Labute approximate surface area is 309 Å². The maximum Gasteiger partial charge on any atom is 0.251 e. The van der Waals surface area contributed by atoms with Gasteiger partial charge >= 0.3 is 0 Å². The molecule has 11 nitrogen and oxygen atoms in total. The van der Waals surface area contributed by atoms with E-state index in [2.05, 4.69) is 66.0 Å². The Hall–Kier alpha value is -4.42.